The van der Waals surface area contributed by atoms with Gasteiger partial charge in [0, 0.05) is 20.4 Å². The summed E-state index contributed by atoms with van der Waals surface area (Å²) in [5.74, 6) is 0. The molecule has 0 aliphatic heterocycles. The molecule has 1 N–H and O–H groups in total. The Kier molecular flexibility index (Phi) is 5.27. The highest BCUT2D eigenvalue weighted by Crippen LogP contribution is 2.31. The van der Waals surface area contributed by atoms with Crippen LogP contribution in [-0.2, 0) is 6.42 Å². The van der Waals surface area contributed by atoms with Gasteiger partial charge in [0.15, 0.2) is 0 Å². The molecule has 0 saturated heterocycles. The van der Waals surface area contributed by atoms with Crippen LogP contribution < -0.4 is 5.32 Å². The average molecular weight is 410 g/mol. The molecule has 1 nitrogen and oxygen atoms in total. The van der Waals surface area contributed by atoms with E-state index in [4.69, 9.17) is 11.6 Å². The lowest BCUT2D eigenvalue weighted by atomic mass is 10.0. The molecule has 0 aliphatic rings. The van der Waals surface area contributed by atoms with Crippen molar-refractivity contribution >= 4 is 54.8 Å². The maximum atomic E-state index is 6.26. The Hall–Kier alpha value is 0.130. The number of nitrogens with one attached hydrogen (secondary N) is 1. The fraction of sp³-hybridized carbons (Fsp3) is 0.231. The minimum atomic E-state index is 0.292. The zero-order valence-corrected chi connectivity index (χ0v) is 14.5. The van der Waals surface area contributed by atoms with Gasteiger partial charge in [0.1, 0.15) is 0 Å². The molecule has 2 rings (SSSR count). The van der Waals surface area contributed by atoms with E-state index in [9.17, 15) is 0 Å². The first-order valence-electron chi connectivity index (χ1n) is 5.46. The summed E-state index contributed by atoms with van der Waals surface area (Å²) in [4.78, 5) is 1.31. The highest BCUT2D eigenvalue weighted by atomic mass is 79.9. The summed E-state index contributed by atoms with van der Waals surface area (Å²) in [6, 6.07) is 10.5. The first-order valence-corrected chi connectivity index (χ1v) is 8.24. The smallest absolute Gasteiger partial charge is 0.0701 e. The average Bonchev–Trinajstić information content (AvgIpc) is 2.75. The van der Waals surface area contributed by atoms with Crippen molar-refractivity contribution in [2.45, 2.75) is 12.5 Å². The summed E-state index contributed by atoms with van der Waals surface area (Å²) in [6.45, 7) is 0. The van der Waals surface area contributed by atoms with E-state index in [2.05, 4.69) is 55.4 Å². The summed E-state index contributed by atoms with van der Waals surface area (Å²) in [6.07, 6.45) is 0.884. The lowest BCUT2D eigenvalue weighted by Crippen LogP contribution is -2.17. The van der Waals surface area contributed by atoms with E-state index in [-0.39, 0.29) is 0 Å². The van der Waals surface area contributed by atoms with Crippen molar-refractivity contribution in [1.29, 1.82) is 0 Å². The second kappa shape index (κ2) is 6.53. The molecular formula is C13H12Br2ClNS. The quantitative estimate of drug-likeness (QED) is 0.710. The van der Waals surface area contributed by atoms with Crippen molar-refractivity contribution in [2.75, 3.05) is 7.05 Å². The molecule has 1 atom stereocenters. The Labute approximate surface area is 133 Å². The summed E-state index contributed by atoms with van der Waals surface area (Å²) in [7, 11) is 1.98. The van der Waals surface area contributed by atoms with Crippen LogP contribution in [0.3, 0.4) is 0 Å². The SMILES string of the molecule is CNC(Cc1ccc(Br)cc1Cl)c1ccc(Br)s1. The maximum Gasteiger partial charge on any atom is 0.0701 e. The van der Waals surface area contributed by atoms with E-state index in [1.807, 2.05) is 19.2 Å². The maximum absolute atomic E-state index is 6.26. The molecule has 1 aromatic carbocycles. The van der Waals surface area contributed by atoms with Gasteiger partial charge in [0.2, 0.25) is 0 Å². The number of halogens is 3. The van der Waals surface area contributed by atoms with Crippen molar-refractivity contribution in [2.24, 2.45) is 0 Å². The van der Waals surface area contributed by atoms with Crippen LogP contribution in [0, 0.1) is 0 Å². The van der Waals surface area contributed by atoms with Crippen LogP contribution in [0.15, 0.2) is 38.6 Å². The van der Waals surface area contributed by atoms with Crippen LogP contribution in [0.5, 0.6) is 0 Å². The second-order valence-electron chi connectivity index (χ2n) is 3.92. The van der Waals surface area contributed by atoms with Crippen LogP contribution in [0.4, 0.5) is 0 Å². The molecule has 0 radical (unpaired) electrons. The number of benzene rings is 1. The molecule has 0 spiro atoms. The summed E-state index contributed by atoms with van der Waals surface area (Å²) < 4.78 is 2.16. The monoisotopic (exact) mass is 407 g/mol. The van der Waals surface area contributed by atoms with Crippen molar-refractivity contribution in [3.05, 3.63) is 54.1 Å². The van der Waals surface area contributed by atoms with Crippen LogP contribution in [0.25, 0.3) is 0 Å². The number of hydrogen-bond donors (Lipinski definition) is 1. The van der Waals surface area contributed by atoms with Gasteiger partial charge in [-0.3, -0.25) is 0 Å². The standard InChI is InChI=1S/C13H12Br2ClNS/c1-17-11(12-4-5-13(15)18-12)6-8-2-3-9(14)7-10(8)16/h2-5,7,11,17H,6H2,1H3. The fourth-order valence-electron chi connectivity index (χ4n) is 1.77. The number of rotatable bonds is 4. The van der Waals surface area contributed by atoms with Crippen LogP contribution in [0.1, 0.15) is 16.5 Å². The van der Waals surface area contributed by atoms with Crippen molar-refractivity contribution in [3.8, 4) is 0 Å². The van der Waals surface area contributed by atoms with E-state index in [0.717, 1.165) is 25.3 Å². The predicted molar refractivity (Wildman–Crippen MR) is 86.7 cm³/mol. The van der Waals surface area contributed by atoms with Gasteiger partial charge >= 0.3 is 0 Å². The molecule has 18 heavy (non-hydrogen) atoms. The van der Waals surface area contributed by atoms with E-state index in [1.165, 1.54) is 4.88 Å². The van der Waals surface area contributed by atoms with E-state index in [0.29, 0.717) is 6.04 Å². The van der Waals surface area contributed by atoms with E-state index >= 15 is 0 Å². The summed E-state index contributed by atoms with van der Waals surface area (Å²) in [5.41, 5.74) is 1.16. The van der Waals surface area contributed by atoms with Crippen molar-refractivity contribution < 1.29 is 0 Å². The highest BCUT2D eigenvalue weighted by molar-refractivity contribution is 9.11. The molecule has 96 valence electrons. The Morgan fingerprint density at radius 2 is 2.06 bits per heavy atom. The summed E-state index contributed by atoms with van der Waals surface area (Å²) in [5, 5.41) is 4.15. The molecule has 5 heteroatoms. The molecular weight excluding hydrogens is 397 g/mol. The van der Waals surface area contributed by atoms with Gasteiger partial charge in [-0.1, -0.05) is 33.6 Å². The van der Waals surface area contributed by atoms with E-state index in [1.54, 1.807) is 11.3 Å². The largest absolute Gasteiger partial charge is 0.312 e. The van der Waals surface area contributed by atoms with Gasteiger partial charge in [-0.15, -0.1) is 11.3 Å². The first-order chi connectivity index (χ1) is 8.60. The molecule has 0 fully saturated rings. The molecule has 0 bridgehead atoms. The van der Waals surface area contributed by atoms with Gasteiger partial charge in [-0.05, 0) is 59.2 Å². The van der Waals surface area contributed by atoms with Gasteiger partial charge in [-0.25, -0.2) is 0 Å². The third-order valence-electron chi connectivity index (χ3n) is 2.73. The Morgan fingerprint density at radius 1 is 1.28 bits per heavy atom. The highest BCUT2D eigenvalue weighted by Gasteiger charge is 2.14. The zero-order valence-electron chi connectivity index (χ0n) is 9.71. The fourth-order valence-corrected chi connectivity index (χ4v) is 4.05. The normalized spacial score (nSPS) is 12.7. The first kappa shape index (κ1) is 14.5. The van der Waals surface area contributed by atoms with Crippen LogP contribution in [0.2, 0.25) is 5.02 Å². The summed E-state index contributed by atoms with van der Waals surface area (Å²) >= 11 is 14.9. The molecule has 1 aromatic heterocycles. The second-order valence-corrected chi connectivity index (χ2v) is 7.74. The molecule has 1 unspecified atom stereocenters. The van der Waals surface area contributed by atoms with Gasteiger partial charge < -0.3 is 5.32 Å². The molecule has 0 saturated carbocycles. The van der Waals surface area contributed by atoms with Crippen LogP contribution >= 0.6 is 54.8 Å². The number of likely N-dealkylation sites (N-methyl/N-ethyl adjacent to an activating group) is 1. The Bertz CT molecular complexity index is 542. The van der Waals surface area contributed by atoms with Gasteiger partial charge in [0.05, 0.1) is 3.79 Å². The van der Waals surface area contributed by atoms with Gasteiger partial charge in [-0.2, -0.15) is 0 Å². The molecule has 1 heterocycles. The topological polar surface area (TPSA) is 12.0 Å². The third-order valence-corrected chi connectivity index (χ3v) is 5.31. The minimum Gasteiger partial charge on any atom is -0.312 e. The van der Waals surface area contributed by atoms with Gasteiger partial charge in [0.25, 0.3) is 0 Å². The molecule has 2 aromatic rings. The number of hydrogen-bond acceptors (Lipinski definition) is 2. The van der Waals surface area contributed by atoms with E-state index < -0.39 is 0 Å². The zero-order chi connectivity index (χ0) is 13.1. The van der Waals surface area contributed by atoms with Crippen molar-refractivity contribution in [1.82, 2.24) is 5.32 Å². The Morgan fingerprint density at radius 3 is 2.61 bits per heavy atom. The Balaban J connectivity index is 2.20. The molecule has 0 amide bonds. The number of thiophene rings is 1. The lowest BCUT2D eigenvalue weighted by Gasteiger charge is -2.15. The third kappa shape index (κ3) is 3.58. The predicted octanol–water partition coefficient (Wildman–Crippen LogP) is 5.43. The lowest BCUT2D eigenvalue weighted by molar-refractivity contribution is 0.602. The van der Waals surface area contributed by atoms with Crippen LogP contribution in [-0.4, -0.2) is 7.05 Å². The minimum absolute atomic E-state index is 0.292. The molecule has 0 aliphatic carbocycles. The van der Waals surface area contributed by atoms with Crippen molar-refractivity contribution in [3.63, 3.8) is 0 Å².